The zero-order chi connectivity index (χ0) is 21.9. The lowest BCUT2D eigenvalue weighted by Crippen LogP contribution is -2.20. The molecule has 3 rings (SSSR count). The minimum absolute atomic E-state index is 0.0524. The van der Waals surface area contributed by atoms with Crippen LogP contribution in [0, 0.1) is 13.8 Å². The number of ketones is 1. The molecule has 1 aliphatic rings. The quantitative estimate of drug-likeness (QED) is 0.505. The molecule has 0 amide bonds. The van der Waals surface area contributed by atoms with Gasteiger partial charge in [-0.25, -0.2) is 17.9 Å². The highest BCUT2D eigenvalue weighted by atomic mass is 32.2. The lowest BCUT2D eigenvalue weighted by Gasteiger charge is -2.14. The molecule has 0 aliphatic carbocycles. The minimum Gasteiger partial charge on any atom is -0.454 e. The van der Waals surface area contributed by atoms with E-state index >= 15 is 0 Å². The largest absolute Gasteiger partial charge is 0.454 e. The third kappa shape index (κ3) is 4.80. The number of nitrogens with one attached hydrogen (secondary N) is 1. The van der Waals surface area contributed by atoms with Crippen LogP contribution in [-0.4, -0.2) is 51.1 Å². The van der Waals surface area contributed by atoms with Gasteiger partial charge in [0.1, 0.15) is 0 Å². The summed E-state index contributed by atoms with van der Waals surface area (Å²) < 4.78 is 38.9. The zero-order valence-electron chi connectivity index (χ0n) is 17.3. The Morgan fingerprint density at radius 2 is 2.03 bits per heavy atom. The second-order valence-corrected chi connectivity index (χ2v) is 9.15. The molecule has 1 fully saturated rings. The Labute approximate surface area is 176 Å². The molecule has 0 bridgehead atoms. The summed E-state index contributed by atoms with van der Waals surface area (Å²) in [5, 5.41) is 0. The van der Waals surface area contributed by atoms with Crippen molar-refractivity contribution in [3.05, 3.63) is 52.8 Å². The van der Waals surface area contributed by atoms with E-state index in [9.17, 15) is 18.0 Å². The fraction of sp³-hybridized carbons (Fsp3) is 0.429. The number of hydrogen-bond acceptors (Lipinski definition) is 6. The van der Waals surface area contributed by atoms with Gasteiger partial charge in [0.05, 0.1) is 16.6 Å². The van der Waals surface area contributed by atoms with Gasteiger partial charge in [-0.15, -0.1) is 0 Å². The smallest absolute Gasteiger partial charge is 0.338 e. The number of nitrogens with zero attached hydrogens (tertiary/aromatic N) is 1. The molecule has 0 saturated carbocycles. The molecular formula is C21H26N2O6S. The standard InChI is InChI=1S/C21H26N2O6S/c1-14-10-19(15(2)23(14)12-17-7-5-9-28-17)20(24)13-29-21(25)16-6-4-8-18(11-16)30(26,27)22-3/h4,6,8,10-11,17,22H,5,7,9,12-13H2,1-3H3/t17-/m0/s1. The summed E-state index contributed by atoms with van der Waals surface area (Å²) in [5.74, 6) is -1.07. The van der Waals surface area contributed by atoms with Crippen molar-refractivity contribution in [2.45, 2.75) is 44.2 Å². The van der Waals surface area contributed by atoms with E-state index in [2.05, 4.69) is 9.29 Å². The minimum atomic E-state index is -3.68. The summed E-state index contributed by atoms with van der Waals surface area (Å²) in [5.41, 5.74) is 2.32. The maximum Gasteiger partial charge on any atom is 0.338 e. The zero-order valence-corrected chi connectivity index (χ0v) is 18.1. The molecule has 2 aromatic rings. The van der Waals surface area contributed by atoms with Crippen LogP contribution in [0.1, 0.15) is 44.9 Å². The second kappa shape index (κ2) is 9.11. The molecule has 0 unspecified atom stereocenters. The van der Waals surface area contributed by atoms with Crippen molar-refractivity contribution in [3.8, 4) is 0 Å². The summed E-state index contributed by atoms with van der Waals surface area (Å²) >= 11 is 0. The Bertz CT molecular complexity index is 1050. The van der Waals surface area contributed by atoms with Crippen LogP contribution < -0.4 is 4.72 Å². The average Bonchev–Trinajstić information content (AvgIpc) is 3.35. The Morgan fingerprint density at radius 3 is 2.70 bits per heavy atom. The van der Waals surface area contributed by atoms with E-state index in [4.69, 9.17) is 9.47 Å². The van der Waals surface area contributed by atoms with Crippen molar-refractivity contribution >= 4 is 21.8 Å². The molecule has 30 heavy (non-hydrogen) atoms. The normalized spacial score (nSPS) is 16.6. The van der Waals surface area contributed by atoms with Crippen LogP contribution in [-0.2, 0) is 26.0 Å². The number of esters is 1. The third-order valence-electron chi connectivity index (χ3n) is 5.27. The van der Waals surface area contributed by atoms with Crippen molar-refractivity contribution in [1.82, 2.24) is 9.29 Å². The molecule has 1 N–H and O–H groups in total. The predicted molar refractivity (Wildman–Crippen MR) is 110 cm³/mol. The Morgan fingerprint density at radius 1 is 1.27 bits per heavy atom. The monoisotopic (exact) mass is 434 g/mol. The van der Waals surface area contributed by atoms with Crippen molar-refractivity contribution < 1.29 is 27.5 Å². The van der Waals surface area contributed by atoms with Gasteiger partial charge in [-0.3, -0.25) is 4.79 Å². The highest BCUT2D eigenvalue weighted by Crippen LogP contribution is 2.21. The Kier molecular flexibility index (Phi) is 6.74. The van der Waals surface area contributed by atoms with Gasteiger partial charge in [0.2, 0.25) is 15.8 Å². The van der Waals surface area contributed by atoms with Crippen LogP contribution in [0.4, 0.5) is 0 Å². The number of aryl methyl sites for hydroxylation is 1. The van der Waals surface area contributed by atoms with E-state index in [1.54, 1.807) is 6.07 Å². The van der Waals surface area contributed by atoms with Crippen LogP contribution in [0.25, 0.3) is 0 Å². The molecule has 1 saturated heterocycles. The van der Waals surface area contributed by atoms with Crippen molar-refractivity contribution in [1.29, 1.82) is 0 Å². The number of rotatable bonds is 8. The maximum absolute atomic E-state index is 12.6. The van der Waals surface area contributed by atoms with Gasteiger partial charge >= 0.3 is 5.97 Å². The van der Waals surface area contributed by atoms with Crippen LogP contribution in [0.2, 0.25) is 0 Å². The maximum atomic E-state index is 12.6. The van der Waals surface area contributed by atoms with E-state index in [1.807, 2.05) is 13.8 Å². The molecule has 1 atom stereocenters. The molecule has 162 valence electrons. The van der Waals surface area contributed by atoms with Crippen LogP contribution in [0.15, 0.2) is 35.2 Å². The lowest BCUT2D eigenvalue weighted by atomic mass is 10.1. The van der Waals surface area contributed by atoms with E-state index < -0.39 is 22.6 Å². The van der Waals surface area contributed by atoms with Crippen molar-refractivity contribution in [3.63, 3.8) is 0 Å². The number of sulfonamides is 1. The van der Waals surface area contributed by atoms with Crippen molar-refractivity contribution in [2.24, 2.45) is 0 Å². The van der Waals surface area contributed by atoms with E-state index in [0.717, 1.165) is 30.8 Å². The molecular weight excluding hydrogens is 408 g/mol. The number of ether oxygens (including phenoxy) is 2. The lowest BCUT2D eigenvalue weighted by molar-refractivity contribution is 0.0474. The van der Waals surface area contributed by atoms with Crippen LogP contribution >= 0.6 is 0 Å². The fourth-order valence-corrected chi connectivity index (χ4v) is 4.33. The molecule has 1 aliphatic heterocycles. The van der Waals surface area contributed by atoms with Crippen LogP contribution in [0.5, 0.6) is 0 Å². The van der Waals surface area contributed by atoms with Gasteiger partial charge in [0.25, 0.3) is 0 Å². The first-order chi connectivity index (χ1) is 14.2. The second-order valence-electron chi connectivity index (χ2n) is 7.27. The molecule has 9 heteroatoms. The number of benzene rings is 1. The number of carbonyl (C=O) groups excluding carboxylic acids is 2. The highest BCUT2D eigenvalue weighted by molar-refractivity contribution is 7.89. The summed E-state index contributed by atoms with van der Waals surface area (Å²) in [6.07, 6.45) is 2.19. The number of carbonyl (C=O) groups is 2. The number of hydrogen-bond donors (Lipinski definition) is 1. The first kappa shape index (κ1) is 22.2. The van der Waals surface area contributed by atoms with E-state index in [-0.39, 0.29) is 22.3 Å². The number of aromatic nitrogens is 1. The van der Waals surface area contributed by atoms with Gasteiger partial charge in [0.15, 0.2) is 6.61 Å². The van der Waals surface area contributed by atoms with Gasteiger partial charge in [-0.1, -0.05) is 6.07 Å². The topological polar surface area (TPSA) is 104 Å². The summed E-state index contributed by atoms with van der Waals surface area (Å²) in [4.78, 5) is 24.9. The van der Waals surface area contributed by atoms with Gasteiger partial charge in [-0.2, -0.15) is 0 Å². The SMILES string of the molecule is CNS(=O)(=O)c1cccc(C(=O)OCC(=O)c2cc(C)n(C[C@@H]3CCCO3)c2C)c1. The molecule has 8 nitrogen and oxygen atoms in total. The first-order valence-corrected chi connectivity index (χ1v) is 11.2. The summed E-state index contributed by atoms with van der Waals surface area (Å²) in [7, 11) is -2.40. The summed E-state index contributed by atoms with van der Waals surface area (Å²) in [6.45, 7) is 4.83. The van der Waals surface area contributed by atoms with Gasteiger partial charge in [0, 0.05) is 30.1 Å². The number of Topliss-reactive ketones (excluding diaryl/α,β-unsaturated/α-hetero) is 1. The van der Waals surface area contributed by atoms with Crippen molar-refractivity contribution in [2.75, 3.05) is 20.3 Å². The van der Waals surface area contributed by atoms with Gasteiger partial charge < -0.3 is 14.0 Å². The van der Waals surface area contributed by atoms with E-state index in [0.29, 0.717) is 12.1 Å². The van der Waals surface area contributed by atoms with Crippen LogP contribution in [0.3, 0.4) is 0 Å². The molecule has 0 spiro atoms. The average molecular weight is 435 g/mol. The third-order valence-corrected chi connectivity index (χ3v) is 6.68. The molecule has 2 heterocycles. The highest BCUT2D eigenvalue weighted by Gasteiger charge is 2.22. The molecule has 0 radical (unpaired) electrons. The van der Waals surface area contributed by atoms with E-state index in [1.165, 1.54) is 31.3 Å². The molecule has 1 aromatic carbocycles. The Hall–Kier alpha value is -2.49. The molecule has 1 aromatic heterocycles. The first-order valence-electron chi connectivity index (χ1n) is 9.75. The summed E-state index contributed by atoms with van der Waals surface area (Å²) in [6, 6.07) is 7.26. The Balaban J connectivity index is 1.67. The fourth-order valence-electron chi connectivity index (χ4n) is 3.56. The van der Waals surface area contributed by atoms with Gasteiger partial charge in [-0.05, 0) is 58.0 Å². The predicted octanol–water partition coefficient (Wildman–Crippen LogP) is 2.23.